The summed E-state index contributed by atoms with van der Waals surface area (Å²) in [7, 11) is 1.61. The fourth-order valence-corrected chi connectivity index (χ4v) is 4.35. The summed E-state index contributed by atoms with van der Waals surface area (Å²) in [5, 5.41) is 11.5. The van der Waals surface area contributed by atoms with Crippen molar-refractivity contribution in [3.05, 3.63) is 76.9 Å². The van der Waals surface area contributed by atoms with Gasteiger partial charge in [-0.3, -0.25) is 9.59 Å². The summed E-state index contributed by atoms with van der Waals surface area (Å²) >= 11 is 0. The molecule has 6 heteroatoms. The summed E-state index contributed by atoms with van der Waals surface area (Å²) < 4.78 is 11.2. The predicted octanol–water partition coefficient (Wildman–Crippen LogP) is 5.52. The molecule has 6 nitrogen and oxygen atoms in total. The molecule has 1 saturated heterocycles. The molecule has 1 aliphatic rings. The van der Waals surface area contributed by atoms with Crippen LogP contribution < -0.4 is 9.47 Å². The van der Waals surface area contributed by atoms with Gasteiger partial charge in [-0.25, -0.2) is 0 Å². The number of likely N-dealkylation sites (tertiary alicyclic amines) is 1. The molecule has 1 N–H and O–H groups in total. The number of ether oxygens (including phenoxy) is 2. The van der Waals surface area contributed by atoms with E-state index in [0.717, 1.165) is 16.9 Å². The number of hydrogen-bond donors (Lipinski definition) is 1. The lowest BCUT2D eigenvalue weighted by Crippen LogP contribution is -2.30. The Kier molecular flexibility index (Phi) is 7.82. The number of amides is 1. The Morgan fingerprint density at radius 2 is 1.97 bits per heavy atom. The normalized spacial score (nSPS) is 17.4. The van der Waals surface area contributed by atoms with Crippen LogP contribution in [-0.2, 0) is 9.59 Å². The van der Waals surface area contributed by atoms with E-state index in [-0.39, 0.29) is 17.3 Å². The minimum absolute atomic E-state index is 0.0855. The van der Waals surface area contributed by atoms with Crippen LogP contribution in [-0.4, -0.2) is 42.0 Å². The van der Waals surface area contributed by atoms with Gasteiger partial charge in [0, 0.05) is 12.1 Å². The Morgan fingerprint density at radius 1 is 1.24 bits per heavy atom. The second-order valence-corrected chi connectivity index (χ2v) is 8.73. The SMILES string of the molecule is C=CCOc1cccc(C2/C(=C(\O)c3cc(C(C)C)c(OC)cc3C)C(=O)C(=O)N2CCC)c1. The number of Topliss-reactive ketones (excluding diaryl/α,β-unsaturated/α-hetero) is 1. The van der Waals surface area contributed by atoms with Crippen LogP contribution in [0.4, 0.5) is 0 Å². The number of rotatable bonds is 9. The molecule has 0 aliphatic carbocycles. The molecule has 1 fully saturated rings. The molecule has 34 heavy (non-hydrogen) atoms. The standard InChI is InChI=1S/C28H33NO5/c1-7-12-29-25(19-10-9-11-20(15-19)34-13-8-2)24(27(31)28(29)32)26(30)22-16-21(17(3)4)23(33-6)14-18(22)5/h8-11,14-17,25,30H,2,7,12-13H2,1,3-6H3/b26-24+. The Morgan fingerprint density at radius 3 is 2.59 bits per heavy atom. The van der Waals surface area contributed by atoms with Crippen LogP contribution in [0.1, 0.15) is 61.4 Å². The van der Waals surface area contributed by atoms with Crippen molar-refractivity contribution < 1.29 is 24.2 Å². The van der Waals surface area contributed by atoms with Gasteiger partial charge >= 0.3 is 0 Å². The number of hydrogen-bond acceptors (Lipinski definition) is 5. The van der Waals surface area contributed by atoms with E-state index in [0.29, 0.717) is 36.4 Å². The summed E-state index contributed by atoms with van der Waals surface area (Å²) in [6.45, 7) is 12.3. The van der Waals surface area contributed by atoms with Gasteiger partial charge in [0.15, 0.2) is 0 Å². The van der Waals surface area contributed by atoms with Gasteiger partial charge in [0.2, 0.25) is 0 Å². The van der Waals surface area contributed by atoms with Gasteiger partial charge in [0.05, 0.1) is 18.7 Å². The Bertz CT molecular complexity index is 1130. The first-order valence-corrected chi connectivity index (χ1v) is 11.6. The highest BCUT2D eigenvalue weighted by atomic mass is 16.5. The number of aliphatic hydroxyl groups is 1. The Hall–Kier alpha value is -3.54. The Labute approximate surface area is 201 Å². The van der Waals surface area contributed by atoms with Crippen LogP contribution >= 0.6 is 0 Å². The van der Waals surface area contributed by atoms with E-state index in [2.05, 4.69) is 6.58 Å². The average molecular weight is 464 g/mol. The molecule has 0 aromatic heterocycles. The first-order valence-electron chi connectivity index (χ1n) is 11.6. The molecule has 2 aromatic rings. The maximum atomic E-state index is 13.2. The van der Waals surface area contributed by atoms with E-state index < -0.39 is 17.7 Å². The van der Waals surface area contributed by atoms with Gasteiger partial charge in [0.25, 0.3) is 11.7 Å². The summed E-state index contributed by atoms with van der Waals surface area (Å²) in [4.78, 5) is 27.8. The van der Waals surface area contributed by atoms with E-state index in [9.17, 15) is 14.7 Å². The van der Waals surface area contributed by atoms with E-state index >= 15 is 0 Å². The summed E-state index contributed by atoms with van der Waals surface area (Å²) in [6, 6.07) is 10.3. The lowest BCUT2D eigenvalue weighted by atomic mass is 9.91. The molecule has 1 unspecified atom stereocenters. The van der Waals surface area contributed by atoms with E-state index in [1.165, 1.54) is 4.90 Å². The molecule has 2 aromatic carbocycles. The van der Waals surface area contributed by atoms with E-state index in [1.807, 2.05) is 58.0 Å². The quantitative estimate of drug-likeness (QED) is 0.229. The van der Waals surface area contributed by atoms with E-state index in [4.69, 9.17) is 9.47 Å². The van der Waals surface area contributed by atoms with E-state index in [1.54, 1.807) is 19.3 Å². The second-order valence-electron chi connectivity index (χ2n) is 8.73. The zero-order valence-corrected chi connectivity index (χ0v) is 20.6. The zero-order chi connectivity index (χ0) is 25.0. The largest absolute Gasteiger partial charge is 0.507 e. The number of methoxy groups -OCH3 is 1. The van der Waals surface area contributed by atoms with Crippen LogP contribution in [0.25, 0.3) is 5.76 Å². The van der Waals surface area contributed by atoms with Crippen molar-refractivity contribution in [3.63, 3.8) is 0 Å². The summed E-state index contributed by atoms with van der Waals surface area (Å²) in [6.07, 6.45) is 2.32. The topological polar surface area (TPSA) is 76.1 Å². The highest BCUT2D eigenvalue weighted by Gasteiger charge is 2.46. The third kappa shape index (κ3) is 4.72. The molecule has 1 amide bonds. The third-order valence-corrected chi connectivity index (χ3v) is 6.00. The number of nitrogens with zero attached hydrogens (tertiary/aromatic N) is 1. The van der Waals surface area contributed by atoms with Crippen LogP contribution in [0.3, 0.4) is 0 Å². The molecule has 0 bridgehead atoms. The van der Waals surface area contributed by atoms with Crippen LogP contribution in [0.2, 0.25) is 0 Å². The maximum absolute atomic E-state index is 13.2. The molecule has 0 saturated carbocycles. The monoisotopic (exact) mass is 463 g/mol. The fourth-order valence-electron chi connectivity index (χ4n) is 4.35. The van der Waals surface area contributed by atoms with Crippen molar-refractivity contribution in [2.24, 2.45) is 0 Å². The van der Waals surface area contributed by atoms with Gasteiger partial charge in [0.1, 0.15) is 23.9 Å². The van der Waals surface area contributed by atoms with Crippen molar-refractivity contribution >= 4 is 17.4 Å². The number of aliphatic hydroxyl groups excluding tert-OH is 1. The highest BCUT2D eigenvalue weighted by molar-refractivity contribution is 6.46. The maximum Gasteiger partial charge on any atom is 0.295 e. The first-order chi connectivity index (χ1) is 16.2. The fraction of sp³-hybridized carbons (Fsp3) is 0.357. The van der Waals surface area contributed by atoms with Crippen molar-refractivity contribution in [1.82, 2.24) is 4.90 Å². The molecule has 0 radical (unpaired) electrons. The first kappa shape index (κ1) is 25.1. The molecule has 1 aliphatic heterocycles. The highest BCUT2D eigenvalue weighted by Crippen LogP contribution is 2.42. The minimum Gasteiger partial charge on any atom is -0.507 e. The molecular weight excluding hydrogens is 430 g/mol. The molecule has 0 spiro atoms. The van der Waals surface area contributed by atoms with Gasteiger partial charge in [-0.05, 0) is 60.2 Å². The van der Waals surface area contributed by atoms with Gasteiger partial charge < -0.3 is 19.5 Å². The van der Waals surface area contributed by atoms with Crippen LogP contribution in [0.5, 0.6) is 11.5 Å². The zero-order valence-electron chi connectivity index (χ0n) is 20.6. The van der Waals surface area contributed by atoms with Gasteiger partial charge in [-0.1, -0.05) is 45.6 Å². The van der Waals surface area contributed by atoms with Crippen molar-refractivity contribution in [2.45, 2.75) is 46.1 Å². The molecule has 1 atom stereocenters. The van der Waals surface area contributed by atoms with Crippen LogP contribution in [0.15, 0.2) is 54.6 Å². The predicted molar refractivity (Wildman–Crippen MR) is 133 cm³/mol. The average Bonchev–Trinajstić information content (AvgIpc) is 3.07. The van der Waals surface area contributed by atoms with Crippen LogP contribution in [0, 0.1) is 6.92 Å². The third-order valence-electron chi connectivity index (χ3n) is 6.00. The minimum atomic E-state index is -0.712. The molecular formula is C28H33NO5. The van der Waals surface area contributed by atoms with Crippen molar-refractivity contribution in [2.75, 3.05) is 20.3 Å². The lowest BCUT2D eigenvalue weighted by Gasteiger charge is -2.25. The number of ketones is 1. The number of carbonyl (C=O) groups is 2. The number of benzene rings is 2. The summed E-state index contributed by atoms with van der Waals surface area (Å²) in [5.41, 5.74) is 2.97. The number of aryl methyl sites for hydroxylation is 1. The molecule has 1 heterocycles. The lowest BCUT2D eigenvalue weighted by molar-refractivity contribution is -0.139. The van der Waals surface area contributed by atoms with Crippen molar-refractivity contribution in [1.29, 1.82) is 0 Å². The molecule has 3 rings (SSSR count). The smallest absolute Gasteiger partial charge is 0.295 e. The summed E-state index contributed by atoms with van der Waals surface area (Å²) in [5.74, 6) is -0.0162. The molecule has 180 valence electrons. The Balaban J connectivity index is 2.23. The van der Waals surface area contributed by atoms with Crippen molar-refractivity contribution in [3.8, 4) is 11.5 Å². The van der Waals surface area contributed by atoms with Gasteiger partial charge in [-0.15, -0.1) is 0 Å². The number of carbonyl (C=O) groups excluding carboxylic acids is 2. The van der Waals surface area contributed by atoms with Gasteiger partial charge in [-0.2, -0.15) is 0 Å². The second kappa shape index (κ2) is 10.6.